The molecular weight excluding hydrogens is 313 g/mol. The number of hydrogen-bond donors (Lipinski definition) is 1. The van der Waals surface area contributed by atoms with Gasteiger partial charge in [0.05, 0.1) is 11.4 Å². The topological polar surface area (TPSA) is 41.6 Å². The summed E-state index contributed by atoms with van der Waals surface area (Å²) in [7, 11) is 0. The number of fused-ring (bicyclic) bond motifs is 1. The van der Waals surface area contributed by atoms with Crippen molar-refractivity contribution in [2.24, 2.45) is 16.1 Å². The number of hydrogen-bond acceptors (Lipinski definition) is 3. The van der Waals surface area contributed by atoms with Gasteiger partial charge in [0, 0.05) is 24.5 Å². The molecule has 1 aromatic carbocycles. The third-order valence-corrected chi connectivity index (χ3v) is 5.34. The molecular formula is C21H26FN3. The van der Waals surface area contributed by atoms with E-state index in [1.165, 1.54) is 17.7 Å². The predicted octanol–water partition coefficient (Wildman–Crippen LogP) is 4.36. The Labute approximate surface area is 149 Å². The van der Waals surface area contributed by atoms with Gasteiger partial charge in [-0.3, -0.25) is 4.90 Å². The highest BCUT2D eigenvalue weighted by Crippen LogP contribution is 2.45. The van der Waals surface area contributed by atoms with Crippen molar-refractivity contribution in [2.75, 3.05) is 13.1 Å². The van der Waals surface area contributed by atoms with Crippen molar-refractivity contribution < 1.29 is 4.39 Å². The van der Waals surface area contributed by atoms with Crippen molar-refractivity contribution in [1.82, 2.24) is 4.90 Å². The smallest absolute Gasteiger partial charge is 0.123 e. The van der Waals surface area contributed by atoms with Crippen LogP contribution in [0.3, 0.4) is 0 Å². The second kappa shape index (κ2) is 6.96. The Balaban J connectivity index is 2.00. The summed E-state index contributed by atoms with van der Waals surface area (Å²) in [6.45, 7) is 10.6. The van der Waals surface area contributed by atoms with Crippen molar-refractivity contribution in [2.45, 2.75) is 32.7 Å². The zero-order chi connectivity index (χ0) is 18.0. The summed E-state index contributed by atoms with van der Waals surface area (Å²) in [4.78, 5) is 7.19. The first-order chi connectivity index (χ1) is 12.0. The van der Waals surface area contributed by atoms with Gasteiger partial charge in [-0.25, -0.2) is 9.38 Å². The van der Waals surface area contributed by atoms with Gasteiger partial charge < -0.3 is 5.73 Å². The Morgan fingerprint density at radius 3 is 2.64 bits per heavy atom. The molecule has 1 unspecified atom stereocenters. The van der Waals surface area contributed by atoms with Gasteiger partial charge in [0.1, 0.15) is 5.82 Å². The molecule has 1 saturated heterocycles. The minimum absolute atomic E-state index is 0.0739. The van der Waals surface area contributed by atoms with Crippen molar-refractivity contribution in [1.29, 1.82) is 0 Å². The van der Waals surface area contributed by atoms with Gasteiger partial charge in [-0.15, -0.1) is 6.58 Å². The number of piperidine rings is 1. The summed E-state index contributed by atoms with van der Waals surface area (Å²) >= 11 is 0. The van der Waals surface area contributed by atoms with Crippen LogP contribution in [0, 0.1) is 11.2 Å². The zero-order valence-corrected chi connectivity index (χ0v) is 15.0. The van der Waals surface area contributed by atoms with E-state index < -0.39 is 0 Å². The fourth-order valence-electron chi connectivity index (χ4n) is 3.74. The Morgan fingerprint density at radius 1 is 1.32 bits per heavy atom. The molecule has 0 radical (unpaired) electrons. The molecule has 132 valence electrons. The van der Waals surface area contributed by atoms with Gasteiger partial charge in [-0.05, 0) is 68.8 Å². The molecule has 1 aliphatic carbocycles. The Kier molecular flexibility index (Phi) is 4.91. The number of allylic oxidation sites excluding steroid dienone is 2. The maximum absolute atomic E-state index is 13.1. The van der Waals surface area contributed by atoms with Gasteiger partial charge in [0.2, 0.25) is 0 Å². The third kappa shape index (κ3) is 3.45. The van der Waals surface area contributed by atoms with E-state index >= 15 is 0 Å². The first-order valence-electron chi connectivity index (χ1n) is 8.81. The SMILES string of the molecule is C=CC12CC(=CN)C(=Nc3ccc(F)cc3)C=C1CCN(C(C)C)C2. The highest BCUT2D eigenvalue weighted by molar-refractivity contribution is 6.11. The lowest BCUT2D eigenvalue weighted by Crippen LogP contribution is -2.48. The normalized spacial score (nSPS) is 27.4. The first kappa shape index (κ1) is 17.6. The maximum Gasteiger partial charge on any atom is 0.123 e. The molecule has 0 bridgehead atoms. The van der Waals surface area contributed by atoms with Crippen LogP contribution in [0.4, 0.5) is 10.1 Å². The fourth-order valence-corrected chi connectivity index (χ4v) is 3.74. The highest BCUT2D eigenvalue weighted by Gasteiger charge is 2.41. The van der Waals surface area contributed by atoms with Crippen molar-refractivity contribution in [3.63, 3.8) is 0 Å². The van der Waals surface area contributed by atoms with Crippen molar-refractivity contribution >= 4 is 11.4 Å². The molecule has 0 spiro atoms. The standard InChI is InChI=1S/C21H26FN3/c1-4-21-12-16(13-23)20(24-19-7-5-18(22)6-8-19)11-17(21)9-10-25(14-21)15(2)3/h4-8,11,13,15H,1,9-10,12,14,23H2,2-3H3. The molecule has 2 aliphatic rings. The molecule has 2 N–H and O–H groups in total. The Morgan fingerprint density at radius 2 is 2.04 bits per heavy atom. The largest absolute Gasteiger partial charge is 0.404 e. The number of halogens is 1. The van der Waals surface area contributed by atoms with Gasteiger partial charge in [0.15, 0.2) is 0 Å². The minimum Gasteiger partial charge on any atom is -0.404 e. The number of nitrogens with zero attached hydrogens (tertiary/aromatic N) is 2. The van der Waals surface area contributed by atoms with E-state index in [4.69, 9.17) is 10.7 Å². The van der Waals surface area contributed by atoms with E-state index in [2.05, 4.69) is 37.5 Å². The summed E-state index contributed by atoms with van der Waals surface area (Å²) in [6.07, 6.45) is 7.69. The van der Waals surface area contributed by atoms with E-state index in [1.54, 1.807) is 18.3 Å². The van der Waals surface area contributed by atoms with Crippen LogP contribution in [0.25, 0.3) is 0 Å². The van der Waals surface area contributed by atoms with Crippen LogP contribution < -0.4 is 5.73 Å². The molecule has 1 heterocycles. The van der Waals surface area contributed by atoms with Crippen LogP contribution in [0.2, 0.25) is 0 Å². The number of nitrogens with two attached hydrogens (primary N) is 1. The van der Waals surface area contributed by atoms with Gasteiger partial charge in [-0.1, -0.05) is 11.6 Å². The molecule has 3 nitrogen and oxygen atoms in total. The van der Waals surface area contributed by atoms with Crippen LogP contribution in [0.15, 0.2) is 65.3 Å². The summed E-state index contributed by atoms with van der Waals surface area (Å²) in [5.41, 5.74) is 9.84. The van der Waals surface area contributed by atoms with Crippen molar-refractivity contribution in [3.8, 4) is 0 Å². The number of likely N-dealkylation sites (tertiary alicyclic amines) is 1. The number of rotatable bonds is 3. The minimum atomic E-state index is -0.257. The molecule has 0 amide bonds. The lowest BCUT2D eigenvalue weighted by molar-refractivity contribution is 0.138. The molecule has 3 rings (SSSR count). The van der Waals surface area contributed by atoms with E-state index in [0.29, 0.717) is 6.04 Å². The molecule has 4 heteroatoms. The van der Waals surface area contributed by atoms with E-state index in [1.807, 2.05) is 0 Å². The van der Waals surface area contributed by atoms with E-state index in [0.717, 1.165) is 42.9 Å². The molecule has 1 aliphatic heterocycles. The van der Waals surface area contributed by atoms with Crippen LogP contribution in [-0.4, -0.2) is 29.7 Å². The summed E-state index contributed by atoms with van der Waals surface area (Å²) < 4.78 is 13.1. The molecule has 1 fully saturated rings. The molecule has 0 saturated carbocycles. The highest BCUT2D eigenvalue weighted by atomic mass is 19.1. The van der Waals surface area contributed by atoms with Crippen molar-refractivity contribution in [3.05, 3.63) is 66.2 Å². The second-order valence-corrected chi connectivity index (χ2v) is 7.19. The second-order valence-electron chi connectivity index (χ2n) is 7.19. The first-order valence-corrected chi connectivity index (χ1v) is 8.81. The summed E-state index contributed by atoms with van der Waals surface area (Å²) in [5.74, 6) is -0.257. The van der Waals surface area contributed by atoms with Crippen LogP contribution in [0.1, 0.15) is 26.7 Å². The predicted molar refractivity (Wildman–Crippen MR) is 102 cm³/mol. The summed E-state index contributed by atoms with van der Waals surface area (Å²) in [6, 6.07) is 6.74. The lowest BCUT2D eigenvalue weighted by Gasteiger charge is -2.47. The van der Waals surface area contributed by atoms with E-state index in [9.17, 15) is 4.39 Å². The van der Waals surface area contributed by atoms with Crippen LogP contribution in [0.5, 0.6) is 0 Å². The Bertz CT molecular complexity index is 743. The third-order valence-electron chi connectivity index (χ3n) is 5.34. The average Bonchev–Trinajstić information content (AvgIpc) is 2.62. The number of aliphatic imine (C=N–C) groups is 1. The molecule has 25 heavy (non-hydrogen) atoms. The molecule has 1 atom stereocenters. The lowest BCUT2D eigenvalue weighted by atomic mass is 9.67. The number of benzene rings is 1. The van der Waals surface area contributed by atoms with Gasteiger partial charge in [-0.2, -0.15) is 0 Å². The van der Waals surface area contributed by atoms with Crippen LogP contribution >= 0.6 is 0 Å². The molecule has 1 aromatic rings. The quantitative estimate of drug-likeness (QED) is 0.832. The fraction of sp³-hybridized carbons (Fsp3) is 0.381. The monoisotopic (exact) mass is 339 g/mol. The average molecular weight is 339 g/mol. The zero-order valence-electron chi connectivity index (χ0n) is 15.0. The summed E-state index contributed by atoms with van der Waals surface area (Å²) in [5, 5.41) is 0. The molecule has 0 aromatic heterocycles. The van der Waals surface area contributed by atoms with Gasteiger partial charge in [0.25, 0.3) is 0 Å². The van der Waals surface area contributed by atoms with Crippen LogP contribution in [-0.2, 0) is 0 Å². The van der Waals surface area contributed by atoms with E-state index in [-0.39, 0.29) is 11.2 Å². The Hall–Kier alpha value is -2.20. The van der Waals surface area contributed by atoms with Gasteiger partial charge >= 0.3 is 0 Å². The maximum atomic E-state index is 13.1.